The summed E-state index contributed by atoms with van der Waals surface area (Å²) in [5.74, 6) is -0.193. The van der Waals surface area contributed by atoms with Crippen LogP contribution in [-0.2, 0) is 4.79 Å². The van der Waals surface area contributed by atoms with Crippen molar-refractivity contribution in [1.29, 1.82) is 0 Å². The number of nitrogens with one attached hydrogen (secondary N) is 1. The average molecular weight is 180 g/mol. The molecule has 70 valence electrons. The van der Waals surface area contributed by atoms with Gasteiger partial charge in [0.05, 0.1) is 5.69 Å². The fraction of sp³-hybridized carbons (Fsp3) is 0.222. The van der Waals surface area contributed by atoms with Gasteiger partial charge in [-0.05, 0) is 18.6 Å². The molecule has 0 saturated carbocycles. The van der Waals surface area contributed by atoms with Crippen LogP contribution >= 0.6 is 0 Å². The van der Waals surface area contributed by atoms with Crippen molar-refractivity contribution in [3.05, 3.63) is 17.7 Å². The van der Waals surface area contributed by atoms with E-state index in [1.165, 1.54) is 13.0 Å². The van der Waals surface area contributed by atoms with Crippen LogP contribution in [0.4, 0.5) is 11.4 Å². The molecule has 0 aliphatic carbocycles. The molecular formula is C9H12N2O2. The first-order chi connectivity index (χ1) is 6.00. The van der Waals surface area contributed by atoms with Gasteiger partial charge in [-0.25, -0.2) is 0 Å². The van der Waals surface area contributed by atoms with Crippen LogP contribution in [0, 0.1) is 6.92 Å². The summed E-state index contributed by atoms with van der Waals surface area (Å²) in [7, 11) is 0. The molecule has 0 spiro atoms. The topological polar surface area (TPSA) is 75.3 Å². The molecule has 4 N–H and O–H groups in total. The first kappa shape index (κ1) is 9.38. The third-order valence-electron chi connectivity index (χ3n) is 1.68. The van der Waals surface area contributed by atoms with Crippen LogP contribution in [0.5, 0.6) is 5.75 Å². The Morgan fingerprint density at radius 2 is 2.15 bits per heavy atom. The van der Waals surface area contributed by atoms with E-state index in [4.69, 9.17) is 5.73 Å². The SMILES string of the molecule is CC(=O)Nc1cc(O)c(N)cc1C. The lowest BCUT2D eigenvalue weighted by Gasteiger charge is -2.08. The van der Waals surface area contributed by atoms with Gasteiger partial charge in [-0.2, -0.15) is 0 Å². The Balaban J connectivity index is 3.08. The quantitative estimate of drug-likeness (QED) is 0.449. The highest BCUT2D eigenvalue weighted by molar-refractivity contribution is 5.90. The predicted octanol–water partition coefficient (Wildman–Crippen LogP) is 1.24. The number of hydrogen-bond donors (Lipinski definition) is 3. The molecule has 0 atom stereocenters. The second-order valence-electron chi connectivity index (χ2n) is 2.91. The van der Waals surface area contributed by atoms with E-state index >= 15 is 0 Å². The molecular weight excluding hydrogens is 168 g/mol. The van der Waals surface area contributed by atoms with Gasteiger partial charge in [-0.1, -0.05) is 0 Å². The molecule has 0 aromatic heterocycles. The molecule has 1 rings (SSSR count). The number of nitrogen functional groups attached to an aromatic ring is 1. The Hall–Kier alpha value is -1.71. The molecule has 0 radical (unpaired) electrons. The normalized spacial score (nSPS) is 9.69. The first-order valence-corrected chi connectivity index (χ1v) is 3.87. The van der Waals surface area contributed by atoms with Crippen LogP contribution in [0.3, 0.4) is 0 Å². The second kappa shape index (κ2) is 3.35. The van der Waals surface area contributed by atoms with Crippen molar-refractivity contribution in [2.24, 2.45) is 0 Å². The van der Waals surface area contributed by atoms with Crippen LogP contribution in [0.25, 0.3) is 0 Å². The number of anilines is 2. The Labute approximate surface area is 76.4 Å². The molecule has 0 saturated heterocycles. The van der Waals surface area contributed by atoms with Crippen LogP contribution in [-0.4, -0.2) is 11.0 Å². The lowest BCUT2D eigenvalue weighted by atomic mass is 10.1. The molecule has 4 heteroatoms. The summed E-state index contributed by atoms with van der Waals surface area (Å²) in [6.45, 7) is 3.22. The van der Waals surface area contributed by atoms with Crippen molar-refractivity contribution in [2.45, 2.75) is 13.8 Å². The van der Waals surface area contributed by atoms with E-state index < -0.39 is 0 Å². The molecule has 1 aromatic rings. The fourth-order valence-electron chi connectivity index (χ4n) is 1.04. The van der Waals surface area contributed by atoms with Gasteiger partial charge in [-0.15, -0.1) is 0 Å². The van der Waals surface area contributed by atoms with E-state index in [1.54, 1.807) is 13.0 Å². The lowest BCUT2D eigenvalue weighted by Crippen LogP contribution is -2.07. The number of benzene rings is 1. The summed E-state index contributed by atoms with van der Waals surface area (Å²) >= 11 is 0. The van der Waals surface area contributed by atoms with Crippen molar-refractivity contribution >= 4 is 17.3 Å². The van der Waals surface area contributed by atoms with E-state index in [0.29, 0.717) is 11.4 Å². The Bertz CT molecular complexity index is 348. The number of aromatic hydroxyl groups is 1. The number of nitrogens with two attached hydrogens (primary N) is 1. The minimum atomic E-state index is -0.174. The fourth-order valence-corrected chi connectivity index (χ4v) is 1.04. The lowest BCUT2D eigenvalue weighted by molar-refractivity contribution is -0.114. The van der Waals surface area contributed by atoms with Crippen LogP contribution < -0.4 is 11.1 Å². The standard InChI is InChI=1S/C9H12N2O2/c1-5-3-7(10)9(13)4-8(5)11-6(2)12/h3-4,13H,10H2,1-2H3,(H,11,12). The smallest absolute Gasteiger partial charge is 0.221 e. The Morgan fingerprint density at radius 3 is 2.69 bits per heavy atom. The molecule has 0 unspecified atom stereocenters. The Kier molecular flexibility index (Phi) is 2.41. The Morgan fingerprint density at radius 1 is 1.54 bits per heavy atom. The van der Waals surface area contributed by atoms with Gasteiger partial charge >= 0.3 is 0 Å². The van der Waals surface area contributed by atoms with Crippen molar-refractivity contribution in [3.8, 4) is 5.75 Å². The van der Waals surface area contributed by atoms with Gasteiger partial charge < -0.3 is 16.2 Å². The maximum Gasteiger partial charge on any atom is 0.221 e. The number of phenols is 1. The van der Waals surface area contributed by atoms with Gasteiger partial charge in [0.1, 0.15) is 5.75 Å². The van der Waals surface area contributed by atoms with Gasteiger partial charge in [0.2, 0.25) is 5.91 Å². The highest BCUT2D eigenvalue weighted by atomic mass is 16.3. The van der Waals surface area contributed by atoms with Gasteiger partial charge in [0, 0.05) is 18.7 Å². The number of hydrogen-bond acceptors (Lipinski definition) is 3. The van der Waals surface area contributed by atoms with E-state index in [-0.39, 0.29) is 11.7 Å². The molecule has 0 heterocycles. The molecule has 1 amide bonds. The third kappa shape index (κ3) is 2.11. The summed E-state index contributed by atoms with van der Waals surface area (Å²) < 4.78 is 0. The average Bonchev–Trinajstić information content (AvgIpc) is 1.99. The van der Waals surface area contributed by atoms with Gasteiger partial charge in [0.25, 0.3) is 0 Å². The predicted molar refractivity (Wildman–Crippen MR) is 51.6 cm³/mol. The second-order valence-corrected chi connectivity index (χ2v) is 2.91. The van der Waals surface area contributed by atoms with Crippen molar-refractivity contribution < 1.29 is 9.90 Å². The van der Waals surface area contributed by atoms with Crippen molar-refractivity contribution in [2.75, 3.05) is 11.1 Å². The monoisotopic (exact) mass is 180 g/mol. The summed E-state index contributed by atoms with van der Waals surface area (Å²) in [5.41, 5.74) is 7.18. The van der Waals surface area contributed by atoms with Gasteiger partial charge in [0.15, 0.2) is 0 Å². The number of phenolic OH excluding ortho intramolecular Hbond substituents is 1. The maximum atomic E-state index is 10.7. The summed E-state index contributed by atoms with van der Waals surface area (Å²) in [4.78, 5) is 10.7. The summed E-state index contributed by atoms with van der Waals surface area (Å²) in [5, 5.41) is 11.8. The van der Waals surface area contributed by atoms with E-state index in [1.807, 2.05) is 0 Å². The van der Waals surface area contributed by atoms with Crippen molar-refractivity contribution in [3.63, 3.8) is 0 Å². The van der Waals surface area contributed by atoms with Gasteiger partial charge in [-0.3, -0.25) is 4.79 Å². The summed E-state index contributed by atoms with van der Waals surface area (Å²) in [6.07, 6.45) is 0. The molecule has 0 fully saturated rings. The van der Waals surface area contributed by atoms with E-state index in [2.05, 4.69) is 5.32 Å². The molecule has 4 nitrogen and oxygen atoms in total. The minimum Gasteiger partial charge on any atom is -0.506 e. The van der Waals surface area contributed by atoms with Crippen LogP contribution in [0.1, 0.15) is 12.5 Å². The maximum absolute atomic E-state index is 10.7. The number of carbonyl (C=O) groups is 1. The number of carbonyl (C=O) groups excluding carboxylic acids is 1. The zero-order valence-corrected chi connectivity index (χ0v) is 7.59. The molecule has 0 aliphatic heterocycles. The zero-order valence-electron chi connectivity index (χ0n) is 7.59. The number of rotatable bonds is 1. The van der Waals surface area contributed by atoms with Crippen LogP contribution in [0.2, 0.25) is 0 Å². The molecule has 1 aromatic carbocycles. The highest BCUT2D eigenvalue weighted by Gasteiger charge is 2.04. The van der Waals surface area contributed by atoms with E-state index in [9.17, 15) is 9.90 Å². The molecule has 0 bridgehead atoms. The number of aryl methyl sites for hydroxylation is 1. The minimum absolute atomic E-state index is 0.0191. The zero-order chi connectivity index (χ0) is 10.0. The van der Waals surface area contributed by atoms with Crippen molar-refractivity contribution in [1.82, 2.24) is 0 Å². The molecule has 0 aliphatic rings. The highest BCUT2D eigenvalue weighted by Crippen LogP contribution is 2.27. The first-order valence-electron chi connectivity index (χ1n) is 3.87. The largest absolute Gasteiger partial charge is 0.506 e. The van der Waals surface area contributed by atoms with Crippen LogP contribution in [0.15, 0.2) is 12.1 Å². The molecule has 13 heavy (non-hydrogen) atoms. The summed E-state index contributed by atoms with van der Waals surface area (Å²) in [6, 6.07) is 3.05. The number of amides is 1. The third-order valence-corrected chi connectivity index (χ3v) is 1.68. The van der Waals surface area contributed by atoms with E-state index in [0.717, 1.165) is 5.56 Å².